The number of amides is 2. The van der Waals surface area contributed by atoms with Crippen LogP contribution >= 0.6 is 0 Å². The standard InChI is InChI=1S/C5H11N3O/c1-5(6)3-7-4(9)8(5)2/h3,6H2,1-2H3,(H,7,9). The normalized spacial score (nSPS) is 35.0. The minimum atomic E-state index is -0.503. The Labute approximate surface area is 54.0 Å². The predicted octanol–water partition coefficient (Wildman–Crippen LogP) is -0.684. The Morgan fingerprint density at radius 1 is 1.89 bits per heavy atom. The van der Waals surface area contributed by atoms with Gasteiger partial charge in [-0.2, -0.15) is 0 Å². The highest BCUT2D eigenvalue weighted by Crippen LogP contribution is 2.09. The van der Waals surface area contributed by atoms with Gasteiger partial charge in [0.1, 0.15) is 5.66 Å². The Morgan fingerprint density at radius 2 is 2.44 bits per heavy atom. The maximum Gasteiger partial charge on any atom is 0.318 e. The number of hydrogen-bond acceptors (Lipinski definition) is 2. The van der Waals surface area contributed by atoms with Crippen LogP contribution in [0.5, 0.6) is 0 Å². The van der Waals surface area contributed by atoms with Gasteiger partial charge < -0.3 is 16.0 Å². The molecule has 0 bridgehead atoms. The third kappa shape index (κ3) is 0.853. The molecule has 0 aliphatic carbocycles. The molecule has 0 aromatic carbocycles. The van der Waals surface area contributed by atoms with E-state index in [0.29, 0.717) is 6.54 Å². The van der Waals surface area contributed by atoms with Gasteiger partial charge in [-0.3, -0.25) is 0 Å². The molecule has 4 heteroatoms. The number of urea groups is 1. The summed E-state index contributed by atoms with van der Waals surface area (Å²) in [4.78, 5) is 12.2. The second-order valence-corrected chi connectivity index (χ2v) is 2.57. The van der Waals surface area contributed by atoms with Crippen molar-refractivity contribution in [3.05, 3.63) is 0 Å². The molecule has 1 aliphatic rings. The number of likely N-dealkylation sites (N-methyl/N-ethyl adjacent to an activating group) is 1. The van der Waals surface area contributed by atoms with Gasteiger partial charge >= 0.3 is 6.03 Å². The van der Waals surface area contributed by atoms with Crippen LogP contribution < -0.4 is 11.1 Å². The third-order valence-corrected chi connectivity index (χ3v) is 1.67. The molecule has 3 N–H and O–H groups in total. The van der Waals surface area contributed by atoms with Crippen molar-refractivity contribution in [3.8, 4) is 0 Å². The van der Waals surface area contributed by atoms with E-state index < -0.39 is 5.66 Å². The highest BCUT2D eigenvalue weighted by Gasteiger charge is 2.34. The zero-order chi connectivity index (χ0) is 7.07. The molecule has 0 radical (unpaired) electrons. The lowest BCUT2D eigenvalue weighted by molar-refractivity contribution is 0.192. The molecule has 9 heavy (non-hydrogen) atoms. The summed E-state index contributed by atoms with van der Waals surface area (Å²) in [5.74, 6) is 0. The van der Waals surface area contributed by atoms with Crippen LogP contribution in [0.1, 0.15) is 6.92 Å². The van der Waals surface area contributed by atoms with E-state index in [9.17, 15) is 4.79 Å². The van der Waals surface area contributed by atoms with E-state index in [4.69, 9.17) is 5.73 Å². The number of nitrogens with zero attached hydrogens (tertiary/aromatic N) is 1. The molecule has 1 aliphatic heterocycles. The number of hydrogen-bond donors (Lipinski definition) is 2. The van der Waals surface area contributed by atoms with Crippen molar-refractivity contribution >= 4 is 6.03 Å². The lowest BCUT2D eigenvalue weighted by Crippen LogP contribution is -2.50. The molecule has 0 saturated carbocycles. The average Bonchev–Trinajstić information content (AvgIpc) is 1.97. The first-order valence-corrected chi connectivity index (χ1v) is 2.84. The molecule has 52 valence electrons. The topological polar surface area (TPSA) is 58.4 Å². The molecule has 0 spiro atoms. The fourth-order valence-corrected chi connectivity index (χ4v) is 0.724. The second kappa shape index (κ2) is 1.60. The van der Waals surface area contributed by atoms with E-state index in [0.717, 1.165) is 0 Å². The van der Waals surface area contributed by atoms with Crippen LogP contribution in [0, 0.1) is 0 Å². The van der Waals surface area contributed by atoms with Crippen LogP contribution in [-0.4, -0.2) is 30.2 Å². The largest absolute Gasteiger partial charge is 0.334 e. The zero-order valence-electron chi connectivity index (χ0n) is 5.64. The van der Waals surface area contributed by atoms with Gasteiger partial charge in [0.2, 0.25) is 0 Å². The van der Waals surface area contributed by atoms with Gasteiger partial charge in [0.05, 0.1) is 6.54 Å². The first kappa shape index (κ1) is 6.35. The lowest BCUT2D eigenvalue weighted by Gasteiger charge is -2.24. The van der Waals surface area contributed by atoms with Gasteiger partial charge in [0.15, 0.2) is 0 Å². The van der Waals surface area contributed by atoms with Gasteiger partial charge in [-0.15, -0.1) is 0 Å². The maximum absolute atomic E-state index is 10.7. The molecule has 1 heterocycles. The highest BCUT2D eigenvalue weighted by atomic mass is 16.2. The minimum Gasteiger partial charge on any atom is -0.334 e. The highest BCUT2D eigenvalue weighted by molar-refractivity contribution is 5.77. The molecular weight excluding hydrogens is 118 g/mol. The van der Waals surface area contributed by atoms with Gasteiger partial charge in [0, 0.05) is 7.05 Å². The fourth-order valence-electron chi connectivity index (χ4n) is 0.724. The van der Waals surface area contributed by atoms with Crippen molar-refractivity contribution in [2.45, 2.75) is 12.6 Å². The Morgan fingerprint density at radius 3 is 2.56 bits per heavy atom. The summed E-state index contributed by atoms with van der Waals surface area (Å²) in [7, 11) is 1.68. The molecule has 2 amide bonds. The molecule has 0 aromatic heterocycles. The summed E-state index contributed by atoms with van der Waals surface area (Å²) in [6.07, 6.45) is 0. The third-order valence-electron chi connectivity index (χ3n) is 1.67. The number of carbonyl (C=O) groups is 1. The van der Waals surface area contributed by atoms with Crippen molar-refractivity contribution in [2.75, 3.05) is 13.6 Å². The molecule has 1 fully saturated rings. The minimum absolute atomic E-state index is 0.0972. The number of rotatable bonds is 0. The van der Waals surface area contributed by atoms with Crippen LogP contribution in [0.4, 0.5) is 4.79 Å². The molecule has 0 aromatic rings. The van der Waals surface area contributed by atoms with E-state index in [1.807, 2.05) is 6.92 Å². The first-order valence-electron chi connectivity index (χ1n) is 2.84. The van der Waals surface area contributed by atoms with Gasteiger partial charge in [-0.25, -0.2) is 4.79 Å². The number of nitrogens with one attached hydrogen (secondary N) is 1. The Hall–Kier alpha value is -0.770. The van der Waals surface area contributed by atoms with Crippen molar-refractivity contribution in [3.63, 3.8) is 0 Å². The van der Waals surface area contributed by atoms with Crippen molar-refractivity contribution in [2.24, 2.45) is 5.73 Å². The van der Waals surface area contributed by atoms with Gasteiger partial charge in [-0.1, -0.05) is 0 Å². The summed E-state index contributed by atoms with van der Waals surface area (Å²) < 4.78 is 0. The molecular formula is C5H11N3O. The Balaban J connectivity index is 2.73. The number of nitrogens with two attached hydrogens (primary N) is 1. The summed E-state index contributed by atoms with van der Waals surface area (Å²) >= 11 is 0. The van der Waals surface area contributed by atoms with E-state index in [-0.39, 0.29) is 6.03 Å². The molecule has 1 atom stereocenters. The lowest BCUT2D eigenvalue weighted by atomic mass is 10.2. The monoisotopic (exact) mass is 129 g/mol. The zero-order valence-corrected chi connectivity index (χ0v) is 5.64. The van der Waals surface area contributed by atoms with E-state index >= 15 is 0 Å². The fraction of sp³-hybridized carbons (Fsp3) is 0.800. The predicted molar refractivity (Wildman–Crippen MR) is 33.8 cm³/mol. The quantitative estimate of drug-likeness (QED) is 0.455. The van der Waals surface area contributed by atoms with E-state index in [1.165, 1.54) is 4.90 Å². The summed E-state index contributed by atoms with van der Waals surface area (Å²) in [5.41, 5.74) is 5.15. The van der Waals surface area contributed by atoms with Crippen LogP contribution in [0.15, 0.2) is 0 Å². The molecule has 1 rings (SSSR count). The molecule has 1 unspecified atom stereocenters. The first-order chi connectivity index (χ1) is 4.04. The SMILES string of the molecule is CN1C(=O)NCC1(C)N. The molecule has 4 nitrogen and oxygen atoms in total. The van der Waals surface area contributed by atoms with Crippen molar-refractivity contribution in [1.29, 1.82) is 0 Å². The number of carbonyl (C=O) groups excluding carboxylic acids is 1. The summed E-state index contributed by atoms with van der Waals surface area (Å²) in [5, 5.41) is 2.62. The maximum atomic E-state index is 10.7. The van der Waals surface area contributed by atoms with Crippen molar-refractivity contribution in [1.82, 2.24) is 10.2 Å². The molecule has 1 saturated heterocycles. The smallest absolute Gasteiger partial charge is 0.318 e. The average molecular weight is 129 g/mol. The van der Waals surface area contributed by atoms with E-state index in [2.05, 4.69) is 5.32 Å². The second-order valence-electron chi connectivity index (χ2n) is 2.57. The van der Waals surface area contributed by atoms with Crippen LogP contribution in [0.2, 0.25) is 0 Å². The van der Waals surface area contributed by atoms with Crippen LogP contribution in [0.25, 0.3) is 0 Å². The summed E-state index contributed by atoms with van der Waals surface area (Å²) in [6.45, 7) is 2.34. The van der Waals surface area contributed by atoms with Crippen molar-refractivity contribution < 1.29 is 4.79 Å². The summed E-state index contributed by atoms with van der Waals surface area (Å²) in [6, 6.07) is -0.0972. The van der Waals surface area contributed by atoms with Crippen LogP contribution in [-0.2, 0) is 0 Å². The van der Waals surface area contributed by atoms with Gasteiger partial charge in [-0.05, 0) is 6.92 Å². The van der Waals surface area contributed by atoms with Crippen LogP contribution in [0.3, 0.4) is 0 Å². The Kier molecular flexibility index (Phi) is 1.13. The van der Waals surface area contributed by atoms with Gasteiger partial charge in [0.25, 0.3) is 0 Å². The Bertz CT molecular complexity index is 143. The van der Waals surface area contributed by atoms with E-state index in [1.54, 1.807) is 7.05 Å².